The number of hydrogen-bond donors (Lipinski definition) is 1. The number of likely N-dealkylation sites (tertiary alicyclic amines) is 1. The summed E-state index contributed by atoms with van der Waals surface area (Å²) in [6.07, 6.45) is 5.33. The molecule has 1 fully saturated rings. The lowest BCUT2D eigenvalue weighted by atomic mass is 10.0. The van der Waals surface area contributed by atoms with Crippen molar-refractivity contribution in [2.45, 2.75) is 18.9 Å². The zero-order valence-corrected chi connectivity index (χ0v) is 18.9. The van der Waals surface area contributed by atoms with E-state index < -0.39 is 0 Å². The number of benzene rings is 2. The Morgan fingerprint density at radius 2 is 1.62 bits per heavy atom. The van der Waals surface area contributed by atoms with Crippen LogP contribution in [-0.4, -0.2) is 39.5 Å². The summed E-state index contributed by atoms with van der Waals surface area (Å²) in [7, 11) is 0. The van der Waals surface area contributed by atoms with Crippen molar-refractivity contribution in [3.8, 4) is 5.69 Å². The molecule has 0 bridgehead atoms. The Hall–Kier alpha value is -3.02. The zero-order valence-electron chi connectivity index (χ0n) is 17.3. The predicted molar refractivity (Wildman–Crippen MR) is 130 cm³/mol. The lowest BCUT2D eigenvalue weighted by Crippen LogP contribution is -2.42. The third kappa shape index (κ3) is 4.18. The van der Waals surface area contributed by atoms with Crippen LogP contribution >= 0.6 is 23.2 Å². The van der Waals surface area contributed by atoms with Crippen LogP contribution in [0.3, 0.4) is 0 Å². The molecule has 5 nitrogen and oxygen atoms in total. The molecule has 1 saturated heterocycles. The molecule has 2 aromatic carbocycles. The molecule has 3 heterocycles. The van der Waals surface area contributed by atoms with Crippen LogP contribution in [0.15, 0.2) is 73.1 Å². The molecule has 0 radical (unpaired) electrons. The molecule has 0 spiro atoms. The molecule has 4 aromatic rings. The number of halogens is 2. The molecule has 162 valence electrons. The molecular formula is C25H22Cl2N4O. The number of hydrogen-bond acceptors (Lipinski definition) is 3. The second-order valence-electron chi connectivity index (χ2n) is 8.00. The van der Waals surface area contributed by atoms with Gasteiger partial charge in [0.2, 0.25) is 0 Å². The third-order valence-electron chi connectivity index (χ3n) is 5.87. The number of pyridine rings is 1. The first kappa shape index (κ1) is 20.9. The Bertz CT molecular complexity index is 1240. The van der Waals surface area contributed by atoms with Gasteiger partial charge in [0.1, 0.15) is 5.69 Å². The Morgan fingerprint density at radius 1 is 0.938 bits per heavy atom. The normalized spacial score (nSPS) is 14.6. The van der Waals surface area contributed by atoms with Gasteiger partial charge < -0.3 is 14.8 Å². The predicted octanol–water partition coefficient (Wildman–Crippen LogP) is 6.05. The lowest BCUT2D eigenvalue weighted by Gasteiger charge is -2.33. The molecule has 1 aliphatic rings. The van der Waals surface area contributed by atoms with E-state index in [4.69, 9.17) is 23.2 Å². The second-order valence-corrected chi connectivity index (χ2v) is 8.87. The highest BCUT2D eigenvalue weighted by Crippen LogP contribution is 2.30. The maximum absolute atomic E-state index is 13.6. The monoisotopic (exact) mass is 464 g/mol. The van der Waals surface area contributed by atoms with Crippen LogP contribution in [0.1, 0.15) is 23.3 Å². The van der Waals surface area contributed by atoms with Crippen molar-refractivity contribution in [1.82, 2.24) is 14.5 Å². The minimum atomic E-state index is 0.0136. The fraction of sp³-hybridized carbons (Fsp3) is 0.200. The van der Waals surface area contributed by atoms with Gasteiger partial charge in [-0.2, -0.15) is 0 Å². The highest BCUT2D eigenvalue weighted by molar-refractivity contribution is 6.34. The average Bonchev–Trinajstić information content (AvgIpc) is 3.19. The molecule has 1 N–H and O–H groups in total. The summed E-state index contributed by atoms with van der Waals surface area (Å²) < 4.78 is 1.96. The van der Waals surface area contributed by atoms with Crippen LogP contribution in [0.25, 0.3) is 16.6 Å². The van der Waals surface area contributed by atoms with Crippen LogP contribution in [0.2, 0.25) is 10.0 Å². The van der Waals surface area contributed by atoms with Crippen LogP contribution < -0.4 is 5.32 Å². The van der Waals surface area contributed by atoms with Crippen LogP contribution in [0.5, 0.6) is 0 Å². The maximum Gasteiger partial charge on any atom is 0.270 e. The number of amides is 1. The first-order valence-corrected chi connectivity index (χ1v) is 11.4. The van der Waals surface area contributed by atoms with E-state index in [1.54, 1.807) is 18.5 Å². The summed E-state index contributed by atoms with van der Waals surface area (Å²) in [5.41, 5.74) is 3.40. The van der Waals surface area contributed by atoms with Crippen molar-refractivity contribution < 1.29 is 4.79 Å². The number of anilines is 1. The van der Waals surface area contributed by atoms with Gasteiger partial charge in [-0.25, -0.2) is 0 Å². The Labute approximate surface area is 196 Å². The minimum absolute atomic E-state index is 0.0136. The van der Waals surface area contributed by atoms with Crippen molar-refractivity contribution in [3.05, 3.63) is 88.8 Å². The summed E-state index contributed by atoms with van der Waals surface area (Å²) in [6.45, 7) is 1.39. The largest absolute Gasteiger partial charge is 0.382 e. The van der Waals surface area contributed by atoms with Crippen molar-refractivity contribution in [1.29, 1.82) is 0 Å². The summed E-state index contributed by atoms with van der Waals surface area (Å²) in [5, 5.41) is 5.61. The van der Waals surface area contributed by atoms with Crippen molar-refractivity contribution in [3.63, 3.8) is 0 Å². The maximum atomic E-state index is 13.6. The molecule has 7 heteroatoms. The first-order chi connectivity index (χ1) is 15.6. The van der Waals surface area contributed by atoms with E-state index >= 15 is 0 Å². The van der Waals surface area contributed by atoms with E-state index in [1.807, 2.05) is 64.1 Å². The van der Waals surface area contributed by atoms with Crippen molar-refractivity contribution in [2.24, 2.45) is 0 Å². The Kier molecular flexibility index (Phi) is 5.77. The van der Waals surface area contributed by atoms with Gasteiger partial charge in [0.05, 0.1) is 5.52 Å². The number of para-hydroxylation sites is 1. The SMILES string of the molecule is O=C(c1cc2ccccc2n1-c1cc(Cl)cc(Cl)c1)N1CCC(Nc2ccncc2)CC1. The third-order valence-corrected chi connectivity index (χ3v) is 6.31. The fourth-order valence-corrected chi connectivity index (χ4v) is 4.85. The van der Waals surface area contributed by atoms with E-state index in [0.29, 0.717) is 34.9 Å². The molecule has 2 aromatic heterocycles. The van der Waals surface area contributed by atoms with E-state index in [9.17, 15) is 4.79 Å². The number of nitrogens with one attached hydrogen (secondary N) is 1. The van der Waals surface area contributed by atoms with Gasteiger partial charge in [0.25, 0.3) is 5.91 Å². The molecule has 0 atom stereocenters. The van der Waals surface area contributed by atoms with Crippen molar-refractivity contribution >= 4 is 45.7 Å². The van der Waals surface area contributed by atoms with E-state index in [1.165, 1.54) is 0 Å². The van der Waals surface area contributed by atoms with Crippen LogP contribution in [0.4, 0.5) is 5.69 Å². The highest BCUT2D eigenvalue weighted by Gasteiger charge is 2.27. The van der Waals surface area contributed by atoms with Gasteiger partial charge in [0.15, 0.2) is 0 Å². The van der Waals surface area contributed by atoms with E-state index in [-0.39, 0.29) is 5.91 Å². The standard InChI is InChI=1S/C25H22Cl2N4O/c26-18-14-19(27)16-22(15-18)31-23-4-2-1-3-17(23)13-24(31)25(32)30-11-7-21(8-12-30)29-20-5-9-28-10-6-20/h1-6,9-10,13-16,21H,7-8,11-12H2,(H,28,29). The Balaban J connectivity index is 1.42. The van der Waals surface area contributed by atoms with Crippen LogP contribution in [-0.2, 0) is 0 Å². The molecule has 0 unspecified atom stereocenters. The summed E-state index contributed by atoms with van der Waals surface area (Å²) in [4.78, 5) is 19.6. The smallest absolute Gasteiger partial charge is 0.270 e. The number of carbonyl (C=O) groups is 1. The minimum Gasteiger partial charge on any atom is -0.382 e. The number of carbonyl (C=O) groups excluding carboxylic acids is 1. The van der Waals surface area contributed by atoms with Gasteiger partial charge in [-0.3, -0.25) is 9.78 Å². The first-order valence-electron chi connectivity index (χ1n) is 10.6. The molecule has 32 heavy (non-hydrogen) atoms. The zero-order chi connectivity index (χ0) is 22.1. The van der Waals surface area contributed by atoms with Gasteiger partial charge in [0, 0.05) is 58.3 Å². The number of aromatic nitrogens is 2. The molecule has 0 saturated carbocycles. The average molecular weight is 465 g/mol. The van der Waals surface area contributed by atoms with Gasteiger partial charge in [-0.15, -0.1) is 0 Å². The summed E-state index contributed by atoms with van der Waals surface area (Å²) in [5.74, 6) is 0.0136. The van der Waals surface area contributed by atoms with Gasteiger partial charge in [-0.05, 0) is 55.3 Å². The molecule has 5 rings (SSSR count). The number of piperidine rings is 1. The van der Waals surface area contributed by atoms with E-state index in [0.717, 1.165) is 35.1 Å². The molecule has 0 aliphatic carbocycles. The van der Waals surface area contributed by atoms with Gasteiger partial charge >= 0.3 is 0 Å². The molecular weight excluding hydrogens is 443 g/mol. The quantitative estimate of drug-likeness (QED) is 0.399. The summed E-state index contributed by atoms with van der Waals surface area (Å²) in [6, 6.07) is 19.5. The van der Waals surface area contributed by atoms with Crippen LogP contribution in [0, 0.1) is 0 Å². The Morgan fingerprint density at radius 3 is 2.34 bits per heavy atom. The number of nitrogens with zero attached hydrogens (tertiary/aromatic N) is 3. The molecule has 1 aliphatic heterocycles. The van der Waals surface area contributed by atoms with Gasteiger partial charge in [-0.1, -0.05) is 41.4 Å². The number of fused-ring (bicyclic) bond motifs is 1. The lowest BCUT2D eigenvalue weighted by molar-refractivity contribution is 0.0711. The van der Waals surface area contributed by atoms with E-state index in [2.05, 4.69) is 10.3 Å². The number of rotatable bonds is 4. The highest BCUT2D eigenvalue weighted by atomic mass is 35.5. The summed E-state index contributed by atoms with van der Waals surface area (Å²) >= 11 is 12.6. The topological polar surface area (TPSA) is 50.2 Å². The second kappa shape index (κ2) is 8.85. The molecule has 1 amide bonds. The fourth-order valence-electron chi connectivity index (χ4n) is 4.33. The van der Waals surface area contributed by atoms with Crippen molar-refractivity contribution in [2.75, 3.05) is 18.4 Å².